The Morgan fingerprint density at radius 3 is 2.47 bits per heavy atom. The van der Waals surface area contributed by atoms with E-state index >= 15 is 0 Å². The van der Waals surface area contributed by atoms with Gasteiger partial charge in [-0.25, -0.2) is 0 Å². The number of nitrogens with two attached hydrogens (primary N) is 1. The van der Waals surface area contributed by atoms with Gasteiger partial charge in [-0.1, -0.05) is 0 Å². The third-order valence-corrected chi connectivity index (χ3v) is 2.07. The maximum Gasteiger partial charge on any atom is 0.416 e. The molecule has 0 saturated carbocycles. The van der Waals surface area contributed by atoms with Crippen molar-refractivity contribution in [2.45, 2.75) is 18.6 Å². The van der Waals surface area contributed by atoms with E-state index in [1.54, 1.807) is 0 Å². The van der Waals surface area contributed by atoms with Gasteiger partial charge in [-0.05, 0) is 13.0 Å². The molecule has 0 aliphatic heterocycles. The van der Waals surface area contributed by atoms with Crippen molar-refractivity contribution in [3.63, 3.8) is 0 Å². The number of hydrogen-bond acceptors (Lipinski definition) is 3. The van der Waals surface area contributed by atoms with Gasteiger partial charge in [0.1, 0.15) is 0 Å². The summed E-state index contributed by atoms with van der Waals surface area (Å²) < 4.78 is 37.7. The van der Waals surface area contributed by atoms with Crippen molar-refractivity contribution in [1.82, 2.24) is 4.98 Å². The minimum Gasteiger partial charge on any atom is -0.394 e. The quantitative estimate of drug-likeness (QED) is 0.789. The number of nitrogens with zero attached hydrogens (tertiary/aromatic N) is 1. The molecule has 0 aliphatic rings. The van der Waals surface area contributed by atoms with Crippen LogP contribution in [0, 0.1) is 0 Å². The van der Waals surface area contributed by atoms with Crippen LogP contribution in [0.5, 0.6) is 0 Å². The summed E-state index contributed by atoms with van der Waals surface area (Å²) in [6.45, 7) is 0.737. The normalized spacial score (nSPS) is 16.1. The third kappa shape index (κ3) is 2.45. The van der Waals surface area contributed by atoms with Gasteiger partial charge in [-0.3, -0.25) is 4.98 Å². The summed E-state index contributed by atoms with van der Waals surface area (Å²) in [4.78, 5) is 3.58. The van der Waals surface area contributed by atoms with Gasteiger partial charge in [0.25, 0.3) is 0 Å². The Morgan fingerprint density at radius 2 is 2.00 bits per heavy atom. The summed E-state index contributed by atoms with van der Waals surface area (Å²) >= 11 is 0. The highest BCUT2D eigenvalue weighted by atomic mass is 19.4. The Labute approximate surface area is 84.7 Å². The second-order valence-corrected chi connectivity index (χ2v) is 3.49. The molecule has 0 radical (unpaired) electrons. The van der Waals surface area contributed by atoms with Gasteiger partial charge in [0.15, 0.2) is 0 Å². The van der Waals surface area contributed by atoms with Gasteiger partial charge < -0.3 is 10.8 Å². The summed E-state index contributed by atoms with van der Waals surface area (Å²) in [5.74, 6) is 0. The molecule has 0 fully saturated rings. The lowest BCUT2D eigenvalue weighted by atomic mass is 9.91. The topological polar surface area (TPSA) is 59.1 Å². The fraction of sp³-hybridized carbons (Fsp3) is 0.444. The van der Waals surface area contributed by atoms with Crippen LogP contribution in [-0.4, -0.2) is 16.7 Å². The lowest BCUT2D eigenvalue weighted by Gasteiger charge is -2.25. The van der Waals surface area contributed by atoms with Crippen LogP contribution in [-0.2, 0) is 11.7 Å². The molecule has 15 heavy (non-hydrogen) atoms. The molecule has 0 spiro atoms. The Bertz CT molecular complexity index is 349. The van der Waals surface area contributed by atoms with E-state index in [-0.39, 0.29) is 5.56 Å². The SMILES string of the molecule is CC(N)(CO)c1cnccc1C(F)(F)F. The minimum absolute atomic E-state index is 0.208. The minimum atomic E-state index is -4.49. The number of pyridine rings is 1. The standard InChI is InChI=1S/C9H11F3N2O/c1-8(13,5-15)7-4-14-3-2-6(7)9(10,11)12/h2-4,15H,5,13H2,1H3. The van der Waals surface area contributed by atoms with Crippen LogP contribution >= 0.6 is 0 Å². The zero-order chi connectivity index (χ0) is 11.7. The van der Waals surface area contributed by atoms with Crippen LogP contribution in [0.25, 0.3) is 0 Å². The summed E-state index contributed by atoms with van der Waals surface area (Å²) in [5.41, 5.74) is 3.03. The van der Waals surface area contributed by atoms with Crippen LogP contribution in [0.4, 0.5) is 13.2 Å². The first-order chi connectivity index (χ1) is 6.79. The molecule has 1 heterocycles. The molecule has 0 amide bonds. The Hall–Kier alpha value is -1.14. The van der Waals surface area contributed by atoms with Gasteiger partial charge in [0, 0.05) is 18.0 Å². The van der Waals surface area contributed by atoms with Crippen molar-refractivity contribution in [2.24, 2.45) is 5.73 Å². The average Bonchev–Trinajstić information content (AvgIpc) is 2.16. The van der Waals surface area contributed by atoms with Gasteiger partial charge in [-0.2, -0.15) is 13.2 Å². The highest BCUT2D eigenvalue weighted by Crippen LogP contribution is 2.34. The highest BCUT2D eigenvalue weighted by molar-refractivity contribution is 5.32. The van der Waals surface area contributed by atoms with Gasteiger partial charge in [0.05, 0.1) is 17.7 Å². The highest BCUT2D eigenvalue weighted by Gasteiger charge is 2.37. The van der Waals surface area contributed by atoms with E-state index in [1.165, 1.54) is 6.92 Å². The molecule has 1 rings (SSSR count). The molecule has 0 aromatic carbocycles. The van der Waals surface area contributed by atoms with E-state index < -0.39 is 23.9 Å². The zero-order valence-corrected chi connectivity index (χ0v) is 8.04. The molecular weight excluding hydrogens is 209 g/mol. The van der Waals surface area contributed by atoms with Crippen LogP contribution < -0.4 is 5.73 Å². The Morgan fingerprint density at radius 1 is 1.40 bits per heavy atom. The molecule has 3 N–H and O–H groups in total. The largest absolute Gasteiger partial charge is 0.416 e. The van der Waals surface area contributed by atoms with Crippen molar-refractivity contribution in [3.05, 3.63) is 29.6 Å². The number of halogens is 3. The Balaban J connectivity index is 3.31. The number of aromatic nitrogens is 1. The third-order valence-electron chi connectivity index (χ3n) is 2.07. The van der Waals surface area contributed by atoms with E-state index in [1.807, 2.05) is 0 Å². The monoisotopic (exact) mass is 220 g/mol. The molecular formula is C9H11F3N2O. The number of aliphatic hydroxyl groups excluding tert-OH is 1. The van der Waals surface area contributed by atoms with Crippen molar-refractivity contribution in [1.29, 1.82) is 0 Å². The second kappa shape index (κ2) is 3.79. The first kappa shape index (κ1) is 11.9. The smallest absolute Gasteiger partial charge is 0.394 e. The van der Waals surface area contributed by atoms with E-state index in [0.29, 0.717) is 0 Å². The summed E-state index contributed by atoms with van der Waals surface area (Å²) in [6, 6.07) is 0.843. The second-order valence-electron chi connectivity index (χ2n) is 3.49. The molecule has 0 saturated heterocycles. The van der Waals surface area contributed by atoms with E-state index in [4.69, 9.17) is 10.8 Å². The van der Waals surface area contributed by atoms with Gasteiger partial charge in [-0.15, -0.1) is 0 Å². The average molecular weight is 220 g/mol. The Kier molecular flexibility index (Phi) is 3.01. The lowest BCUT2D eigenvalue weighted by Crippen LogP contribution is -2.39. The molecule has 1 unspecified atom stereocenters. The van der Waals surface area contributed by atoms with Crippen molar-refractivity contribution in [2.75, 3.05) is 6.61 Å². The van der Waals surface area contributed by atoms with Crippen LogP contribution in [0.2, 0.25) is 0 Å². The molecule has 0 bridgehead atoms. The molecule has 1 aromatic heterocycles. The van der Waals surface area contributed by atoms with Crippen molar-refractivity contribution in [3.8, 4) is 0 Å². The van der Waals surface area contributed by atoms with Gasteiger partial charge >= 0.3 is 6.18 Å². The van der Waals surface area contributed by atoms with Crippen molar-refractivity contribution < 1.29 is 18.3 Å². The van der Waals surface area contributed by atoms with Gasteiger partial charge in [0.2, 0.25) is 0 Å². The first-order valence-corrected chi connectivity index (χ1v) is 4.20. The molecule has 1 atom stereocenters. The van der Waals surface area contributed by atoms with Crippen LogP contribution in [0.15, 0.2) is 18.5 Å². The first-order valence-electron chi connectivity index (χ1n) is 4.20. The van der Waals surface area contributed by atoms with E-state index in [9.17, 15) is 13.2 Å². The van der Waals surface area contributed by atoms with Crippen molar-refractivity contribution >= 4 is 0 Å². The van der Waals surface area contributed by atoms with E-state index in [2.05, 4.69) is 4.98 Å². The molecule has 3 nitrogen and oxygen atoms in total. The lowest BCUT2D eigenvalue weighted by molar-refractivity contribution is -0.139. The molecule has 84 valence electrons. The molecule has 6 heteroatoms. The fourth-order valence-electron chi connectivity index (χ4n) is 1.18. The predicted octanol–water partition coefficient (Wildman–Crippen LogP) is 1.27. The maximum absolute atomic E-state index is 12.6. The van der Waals surface area contributed by atoms with Crippen LogP contribution in [0.3, 0.4) is 0 Å². The van der Waals surface area contributed by atoms with E-state index in [0.717, 1.165) is 18.5 Å². The maximum atomic E-state index is 12.6. The zero-order valence-electron chi connectivity index (χ0n) is 8.04. The number of alkyl halides is 3. The number of hydrogen-bond donors (Lipinski definition) is 2. The summed E-state index contributed by atoms with van der Waals surface area (Å²) in [5, 5.41) is 8.92. The summed E-state index contributed by atoms with van der Waals surface area (Å²) in [7, 11) is 0. The molecule has 1 aromatic rings. The summed E-state index contributed by atoms with van der Waals surface area (Å²) in [6.07, 6.45) is -2.42. The van der Waals surface area contributed by atoms with Crippen LogP contribution in [0.1, 0.15) is 18.1 Å². The predicted molar refractivity (Wildman–Crippen MR) is 47.9 cm³/mol. The molecule has 0 aliphatic carbocycles. The number of rotatable bonds is 2. The number of aliphatic hydroxyl groups is 1. The fourth-order valence-corrected chi connectivity index (χ4v) is 1.18.